The molecular weight excluding hydrogens is 290 g/mol. The standard InChI is InChI=1S/C19H21NO3/c21-18-15-9-5-4-8-14(15)17-16(10-11-20(17)18)19(22)23-12-13-6-2-1-3-7-13/h1-7,14-17H,8-12H2/t14-,15+,16+,17-/m0/s1. The van der Waals surface area contributed by atoms with Gasteiger partial charge >= 0.3 is 5.97 Å². The van der Waals surface area contributed by atoms with E-state index in [-0.39, 0.29) is 35.7 Å². The zero-order valence-corrected chi connectivity index (χ0v) is 13.1. The van der Waals surface area contributed by atoms with Crippen LogP contribution in [0.4, 0.5) is 0 Å². The SMILES string of the molecule is O=C(OCc1ccccc1)[C@@H]1CCN2C(=O)[C@@H]3CC=CC[C@@H]3[C@@H]12. The predicted molar refractivity (Wildman–Crippen MR) is 85.2 cm³/mol. The highest BCUT2D eigenvalue weighted by molar-refractivity contribution is 5.85. The second kappa shape index (κ2) is 5.84. The molecule has 1 aromatic rings. The van der Waals surface area contributed by atoms with Gasteiger partial charge in [0.1, 0.15) is 6.61 Å². The molecule has 4 nitrogen and oxygen atoms in total. The van der Waals surface area contributed by atoms with Crippen molar-refractivity contribution >= 4 is 11.9 Å². The van der Waals surface area contributed by atoms with E-state index < -0.39 is 0 Å². The van der Waals surface area contributed by atoms with E-state index in [2.05, 4.69) is 12.2 Å². The highest BCUT2D eigenvalue weighted by Gasteiger charge is 2.55. The molecule has 3 aliphatic rings. The van der Waals surface area contributed by atoms with Crippen molar-refractivity contribution < 1.29 is 14.3 Å². The minimum Gasteiger partial charge on any atom is -0.461 e. The quantitative estimate of drug-likeness (QED) is 0.636. The topological polar surface area (TPSA) is 46.6 Å². The number of hydrogen-bond acceptors (Lipinski definition) is 3. The van der Waals surface area contributed by atoms with Crippen LogP contribution in [0.3, 0.4) is 0 Å². The van der Waals surface area contributed by atoms with E-state index >= 15 is 0 Å². The number of rotatable bonds is 3. The van der Waals surface area contributed by atoms with Gasteiger partial charge in [-0.2, -0.15) is 0 Å². The fourth-order valence-corrected chi connectivity index (χ4v) is 4.40. The maximum absolute atomic E-state index is 12.6. The Labute approximate surface area is 136 Å². The molecule has 1 aliphatic carbocycles. The monoisotopic (exact) mass is 311 g/mol. The van der Waals surface area contributed by atoms with Gasteiger partial charge in [-0.3, -0.25) is 9.59 Å². The largest absolute Gasteiger partial charge is 0.461 e. The lowest BCUT2D eigenvalue weighted by Crippen LogP contribution is -2.36. The lowest BCUT2D eigenvalue weighted by atomic mass is 9.77. The van der Waals surface area contributed by atoms with Crippen LogP contribution in [0.1, 0.15) is 24.8 Å². The van der Waals surface area contributed by atoms with E-state index in [1.54, 1.807) is 0 Å². The first-order valence-corrected chi connectivity index (χ1v) is 8.42. The highest BCUT2D eigenvalue weighted by Crippen LogP contribution is 2.46. The lowest BCUT2D eigenvalue weighted by molar-refractivity contribution is -0.151. The van der Waals surface area contributed by atoms with Crippen molar-refractivity contribution in [3.05, 3.63) is 48.0 Å². The Kier molecular flexibility index (Phi) is 3.68. The minimum atomic E-state index is -0.163. The molecule has 4 atom stereocenters. The van der Waals surface area contributed by atoms with Gasteiger partial charge in [-0.15, -0.1) is 0 Å². The molecule has 0 aromatic heterocycles. The number of carbonyl (C=O) groups is 2. The summed E-state index contributed by atoms with van der Waals surface area (Å²) in [5.41, 5.74) is 0.997. The molecule has 23 heavy (non-hydrogen) atoms. The summed E-state index contributed by atoms with van der Waals surface area (Å²) in [5.74, 6) is 0.287. The van der Waals surface area contributed by atoms with Crippen molar-refractivity contribution in [3.8, 4) is 0 Å². The Morgan fingerprint density at radius 1 is 1.17 bits per heavy atom. The van der Waals surface area contributed by atoms with Crippen LogP contribution < -0.4 is 0 Å². The third-order valence-electron chi connectivity index (χ3n) is 5.50. The van der Waals surface area contributed by atoms with Gasteiger partial charge in [0.25, 0.3) is 0 Å². The normalized spacial score (nSPS) is 31.8. The van der Waals surface area contributed by atoms with E-state index in [0.717, 1.165) is 24.8 Å². The van der Waals surface area contributed by atoms with Crippen LogP contribution in [-0.2, 0) is 20.9 Å². The molecule has 0 N–H and O–H groups in total. The molecule has 0 unspecified atom stereocenters. The molecule has 0 radical (unpaired) electrons. The predicted octanol–water partition coefficient (Wildman–Crippen LogP) is 2.54. The molecule has 2 aliphatic heterocycles. The molecule has 2 heterocycles. The smallest absolute Gasteiger partial charge is 0.311 e. The number of amides is 1. The molecule has 120 valence electrons. The van der Waals surface area contributed by atoms with Crippen LogP contribution in [0.15, 0.2) is 42.5 Å². The number of carbonyl (C=O) groups excluding carboxylic acids is 2. The second-order valence-corrected chi connectivity index (χ2v) is 6.72. The third kappa shape index (κ3) is 2.46. The fraction of sp³-hybridized carbons (Fsp3) is 0.474. The number of ether oxygens (including phenoxy) is 1. The minimum absolute atomic E-state index is 0.0423. The molecule has 2 saturated heterocycles. The summed E-state index contributed by atoms with van der Waals surface area (Å²) >= 11 is 0. The van der Waals surface area contributed by atoms with Gasteiger partial charge in [-0.05, 0) is 30.7 Å². The van der Waals surface area contributed by atoms with Crippen molar-refractivity contribution in [1.29, 1.82) is 0 Å². The van der Waals surface area contributed by atoms with Crippen molar-refractivity contribution in [2.24, 2.45) is 17.8 Å². The number of nitrogens with zero attached hydrogens (tertiary/aromatic N) is 1. The van der Waals surface area contributed by atoms with Gasteiger partial charge < -0.3 is 9.64 Å². The first-order valence-electron chi connectivity index (χ1n) is 8.42. The molecule has 2 fully saturated rings. The number of esters is 1. The van der Waals surface area contributed by atoms with Crippen LogP contribution in [0.2, 0.25) is 0 Å². The average Bonchev–Trinajstić information content (AvgIpc) is 3.15. The number of benzene rings is 1. The van der Waals surface area contributed by atoms with Gasteiger partial charge in [0.15, 0.2) is 0 Å². The summed E-state index contributed by atoms with van der Waals surface area (Å²) in [5, 5.41) is 0. The van der Waals surface area contributed by atoms with Crippen LogP contribution in [0.25, 0.3) is 0 Å². The van der Waals surface area contributed by atoms with E-state index in [9.17, 15) is 9.59 Å². The summed E-state index contributed by atoms with van der Waals surface area (Å²) in [6, 6.07) is 9.77. The summed E-state index contributed by atoms with van der Waals surface area (Å²) in [6.07, 6.45) is 6.71. The molecule has 0 bridgehead atoms. The number of fused-ring (bicyclic) bond motifs is 3. The molecule has 4 heteroatoms. The third-order valence-corrected chi connectivity index (χ3v) is 5.50. The van der Waals surface area contributed by atoms with Gasteiger partial charge in [-0.1, -0.05) is 42.5 Å². The number of hydrogen-bond donors (Lipinski definition) is 0. The van der Waals surface area contributed by atoms with Crippen molar-refractivity contribution in [2.45, 2.75) is 31.9 Å². The van der Waals surface area contributed by atoms with Crippen molar-refractivity contribution in [3.63, 3.8) is 0 Å². The first-order chi connectivity index (χ1) is 11.3. The van der Waals surface area contributed by atoms with E-state index in [1.165, 1.54) is 0 Å². The Morgan fingerprint density at radius 2 is 1.96 bits per heavy atom. The van der Waals surface area contributed by atoms with Gasteiger partial charge in [0.05, 0.1) is 5.92 Å². The van der Waals surface area contributed by atoms with Crippen LogP contribution >= 0.6 is 0 Å². The second-order valence-electron chi connectivity index (χ2n) is 6.72. The fourth-order valence-electron chi connectivity index (χ4n) is 4.40. The Balaban J connectivity index is 1.46. The summed E-state index contributed by atoms with van der Waals surface area (Å²) in [7, 11) is 0. The lowest BCUT2D eigenvalue weighted by Gasteiger charge is -2.27. The van der Waals surface area contributed by atoms with Crippen LogP contribution in [0.5, 0.6) is 0 Å². The average molecular weight is 311 g/mol. The highest BCUT2D eigenvalue weighted by atomic mass is 16.5. The van der Waals surface area contributed by atoms with Gasteiger partial charge in [0, 0.05) is 18.5 Å². The zero-order chi connectivity index (χ0) is 15.8. The van der Waals surface area contributed by atoms with E-state index in [0.29, 0.717) is 13.2 Å². The Morgan fingerprint density at radius 3 is 2.78 bits per heavy atom. The first kappa shape index (κ1) is 14.5. The molecule has 1 aromatic carbocycles. The van der Waals surface area contributed by atoms with E-state index in [4.69, 9.17) is 4.74 Å². The Hall–Kier alpha value is -2.10. The van der Waals surface area contributed by atoms with Crippen molar-refractivity contribution in [1.82, 2.24) is 4.90 Å². The van der Waals surface area contributed by atoms with E-state index in [1.807, 2.05) is 35.2 Å². The van der Waals surface area contributed by atoms with Crippen molar-refractivity contribution in [2.75, 3.05) is 6.54 Å². The molecule has 0 saturated carbocycles. The zero-order valence-electron chi connectivity index (χ0n) is 13.1. The summed E-state index contributed by atoms with van der Waals surface area (Å²) in [6.45, 7) is 1.01. The summed E-state index contributed by atoms with van der Waals surface area (Å²) < 4.78 is 5.54. The molecule has 0 spiro atoms. The molecule has 1 amide bonds. The maximum atomic E-state index is 12.6. The number of allylic oxidation sites excluding steroid dienone is 2. The maximum Gasteiger partial charge on any atom is 0.311 e. The summed E-state index contributed by atoms with van der Waals surface area (Å²) in [4.78, 5) is 27.0. The molecule has 4 rings (SSSR count). The van der Waals surface area contributed by atoms with Gasteiger partial charge in [0.2, 0.25) is 5.91 Å². The van der Waals surface area contributed by atoms with Crippen LogP contribution in [-0.4, -0.2) is 29.4 Å². The van der Waals surface area contributed by atoms with Gasteiger partial charge in [-0.25, -0.2) is 0 Å². The van der Waals surface area contributed by atoms with Crippen LogP contribution in [0, 0.1) is 17.8 Å². The molecular formula is C19H21NO3. The Bertz CT molecular complexity index is 639.